The summed E-state index contributed by atoms with van der Waals surface area (Å²) in [4.78, 5) is 11.1. The van der Waals surface area contributed by atoms with E-state index in [9.17, 15) is 13.2 Å². The number of carbonyl (C=O) groups excluding carboxylic acids is 1. The highest BCUT2D eigenvalue weighted by Gasteiger charge is 2.31. The molecule has 1 aliphatic heterocycles. The van der Waals surface area contributed by atoms with E-state index in [1.54, 1.807) is 12.1 Å². The van der Waals surface area contributed by atoms with Crippen LogP contribution in [0.1, 0.15) is 10.4 Å². The Bertz CT molecular complexity index is 453. The molecule has 0 saturated heterocycles. The van der Waals surface area contributed by atoms with Crippen LogP contribution in [0.15, 0.2) is 29.2 Å². The average Bonchev–Trinajstić information content (AvgIpc) is 2.42. The van der Waals surface area contributed by atoms with Crippen LogP contribution in [-0.4, -0.2) is 24.8 Å². The van der Waals surface area contributed by atoms with Gasteiger partial charge >= 0.3 is 0 Å². The lowest BCUT2D eigenvalue weighted by molar-refractivity contribution is -0.176. The minimum atomic E-state index is -3.55. The molecule has 0 aliphatic carbocycles. The standard InChI is InChI=1S/C7H5NO3S.H2O2/c9-7-5-3-1-2-4-6(5)12(10,11)8-7;1-2/h1-4H,(H,8,9);1-2H. The Morgan fingerprint density at radius 3 is 2.29 bits per heavy atom. The molecule has 0 radical (unpaired) electrons. The Kier molecular flexibility index (Phi) is 2.84. The molecule has 0 fully saturated rings. The van der Waals surface area contributed by atoms with Gasteiger partial charge in [0.2, 0.25) is 0 Å². The van der Waals surface area contributed by atoms with Crippen LogP contribution in [0.2, 0.25) is 0 Å². The predicted octanol–water partition coefficient (Wildman–Crippen LogP) is 0.136. The minimum Gasteiger partial charge on any atom is -0.268 e. The Hall–Kier alpha value is -1.44. The van der Waals surface area contributed by atoms with Crippen LogP contribution >= 0.6 is 0 Å². The number of hydrogen-bond acceptors (Lipinski definition) is 5. The molecule has 1 heterocycles. The van der Waals surface area contributed by atoms with Crippen molar-refractivity contribution in [2.75, 3.05) is 0 Å². The lowest BCUT2D eigenvalue weighted by atomic mass is 10.2. The summed E-state index contributed by atoms with van der Waals surface area (Å²) >= 11 is 0. The summed E-state index contributed by atoms with van der Waals surface area (Å²) in [5.41, 5.74) is 0.220. The molecule has 1 aromatic rings. The fraction of sp³-hybridized carbons (Fsp3) is 0. The second kappa shape index (κ2) is 3.74. The van der Waals surface area contributed by atoms with Crippen LogP contribution in [0.3, 0.4) is 0 Å². The first-order valence-electron chi connectivity index (χ1n) is 3.47. The van der Waals surface area contributed by atoms with Crippen molar-refractivity contribution in [3.8, 4) is 0 Å². The quantitative estimate of drug-likeness (QED) is 0.423. The van der Waals surface area contributed by atoms with Gasteiger partial charge in [-0.3, -0.25) is 15.3 Å². The van der Waals surface area contributed by atoms with E-state index in [2.05, 4.69) is 0 Å². The molecular weight excluding hydrogens is 210 g/mol. The van der Waals surface area contributed by atoms with Crippen molar-refractivity contribution < 1.29 is 23.7 Å². The van der Waals surface area contributed by atoms with Gasteiger partial charge in [-0.15, -0.1) is 0 Å². The predicted molar refractivity (Wildman–Crippen MR) is 46.4 cm³/mol. The van der Waals surface area contributed by atoms with Crippen LogP contribution in [-0.2, 0) is 10.0 Å². The molecule has 0 saturated carbocycles. The van der Waals surface area contributed by atoms with Crippen LogP contribution in [0.4, 0.5) is 0 Å². The highest BCUT2D eigenvalue weighted by molar-refractivity contribution is 7.90. The fourth-order valence-corrected chi connectivity index (χ4v) is 2.29. The van der Waals surface area contributed by atoms with Gasteiger partial charge < -0.3 is 0 Å². The maximum Gasteiger partial charge on any atom is 0.266 e. The number of carbonyl (C=O) groups is 1. The lowest BCUT2D eigenvalue weighted by Crippen LogP contribution is -2.20. The second-order valence-electron chi connectivity index (χ2n) is 2.43. The van der Waals surface area contributed by atoms with E-state index in [4.69, 9.17) is 10.5 Å². The van der Waals surface area contributed by atoms with Gasteiger partial charge in [0, 0.05) is 0 Å². The van der Waals surface area contributed by atoms with Crippen molar-refractivity contribution in [1.29, 1.82) is 0 Å². The summed E-state index contributed by atoms with van der Waals surface area (Å²) in [6.07, 6.45) is 0. The second-order valence-corrected chi connectivity index (χ2v) is 4.08. The first-order valence-corrected chi connectivity index (χ1v) is 4.96. The number of nitrogens with one attached hydrogen (secondary N) is 1. The van der Waals surface area contributed by atoms with Crippen molar-refractivity contribution in [3.05, 3.63) is 29.8 Å². The van der Waals surface area contributed by atoms with Gasteiger partial charge in [-0.2, -0.15) is 0 Å². The smallest absolute Gasteiger partial charge is 0.266 e. The average molecular weight is 217 g/mol. The van der Waals surface area contributed by atoms with Gasteiger partial charge in [-0.05, 0) is 12.1 Å². The zero-order valence-electron chi connectivity index (χ0n) is 6.84. The van der Waals surface area contributed by atoms with Crippen molar-refractivity contribution in [2.24, 2.45) is 0 Å². The number of amides is 1. The van der Waals surface area contributed by atoms with Gasteiger partial charge in [-0.1, -0.05) is 12.1 Å². The third-order valence-corrected chi connectivity index (χ3v) is 3.04. The largest absolute Gasteiger partial charge is 0.268 e. The first-order chi connectivity index (χ1) is 6.61. The van der Waals surface area contributed by atoms with Crippen molar-refractivity contribution >= 4 is 15.9 Å². The third-order valence-electron chi connectivity index (χ3n) is 1.65. The highest BCUT2D eigenvalue weighted by atomic mass is 32.2. The summed E-state index contributed by atoms with van der Waals surface area (Å²) in [7, 11) is -3.55. The molecule has 0 spiro atoms. The Morgan fingerprint density at radius 1 is 1.14 bits per heavy atom. The topological polar surface area (TPSA) is 104 Å². The molecule has 0 aromatic heterocycles. The minimum absolute atomic E-state index is 0.0648. The van der Waals surface area contributed by atoms with E-state index in [0.717, 1.165) is 0 Å². The molecule has 0 bridgehead atoms. The van der Waals surface area contributed by atoms with Gasteiger partial charge in [-0.25, -0.2) is 13.1 Å². The molecule has 1 aliphatic rings. The summed E-state index contributed by atoms with van der Waals surface area (Å²) in [5.74, 6) is -0.550. The highest BCUT2D eigenvalue weighted by Crippen LogP contribution is 2.20. The first kappa shape index (κ1) is 10.6. The molecule has 14 heavy (non-hydrogen) atoms. The molecule has 1 amide bonds. The van der Waals surface area contributed by atoms with Gasteiger partial charge in [0.1, 0.15) is 4.90 Å². The third kappa shape index (κ3) is 1.60. The van der Waals surface area contributed by atoms with E-state index < -0.39 is 15.9 Å². The van der Waals surface area contributed by atoms with E-state index in [0.29, 0.717) is 0 Å². The number of fused-ring (bicyclic) bond motifs is 1. The Morgan fingerprint density at radius 2 is 1.71 bits per heavy atom. The van der Waals surface area contributed by atoms with Gasteiger partial charge in [0.05, 0.1) is 5.56 Å². The number of benzene rings is 1. The molecule has 3 N–H and O–H groups in total. The summed E-state index contributed by atoms with van der Waals surface area (Å²) < 4.78 is 24.2. The van der Waals surface area contributed by atoms with E-state index >= 15 is 0 Å². The molecule has 0 unspecified atom stereocenters. The molecule has 2 rings (SSSR count). The maximum atomic E-state index is 11.1. The summed E-state index contributed by atoms with van der Waals surface area (Å²) in [6, 6.07) is 6.09. The Balaban J connectivity index is 0.000000461. The number of rotatable bonds is 0. The zero-order chi connectivity index (χ0) is 10.8. The van der Waals surface area contributed by atoms with Crippen molar-refractivity contribution in [3.63, 3.8) is 0 Å². The monoisotopic (exact) mass is 217 g/mol. The van der Waals surface area contributed by atoms with E-state index in [-0.39, 0.29) is 10.5 Å². The molecule has 0 atom stereocenters. The van der Waals surface area contributed by atoms with Gasteiger partial charge in [0.15, 0.2) is 0 Å². The summed E-state index contributed by atoms with van der Waals surface area (Å²) in [6.45, 7) is 0. The van der Waals surface area contributed by atoms with Crippen LogP contribution in [0.5, 0.6) is 0 Å². The normalized spacial score (nSPS) is 16.3. The number of hydrogen-bond donors (Lipinski definition) is 3. The van der Waals surface area contributed by atoms with Crippen molar-refractivity contribution in [1.82, 2.24) is 4.72 Å². The molecule has 6 nitrogen and oxygen atoms in total. The summed E-state index contributed by atoms with van der Waals surface area (Å²) in [5, 5.41) is 12.0. The molecule has 76 valence electrons. The van der Waals surface area contributed by atoms with Crippen LogP contribution < -0.4 is 4.72 Å². The van der Waals surface area contributed by atoms with E-state index in [1.165, 1.54) is 12.1 Å². The number of sulfonamides is 1. The SMILES string of the molecule is O=C1NS(=O)(=O)c2ccccc21.OO. The molecular formula is C7H7NO5S. The van der Waals surface area contributed by atoms with Gasteiger partial charge in [0.25, 0.3) is 15.9 Å². The fourth-order valence-electron chi connectivity index (χ4n) is 1.12. The Labute approximate surface area is 79.8 Å². The molecule has 7 heteroatoms. The van der Waals surface area contributed by atoms with Crippen LogP contribution in [0.25, 0.3) is 0 Å². The maximum absolute atomic E-state index is 11.1. The lowest BCUT2D eigenvalue weighted by Gasteiger charge is -1.91. The van der Waals surface area contributed by atoms with E-state index in [1.807, 2.05) is 4.72 Å². The molecule has 1 aromatic carbocycles. The van der Waals surface area contributed by atoms with Crippen LogP contribution in [0, 0.1) is 0 Å². The zero-order valence-corrected chi connectivity index (χ0v) is 7.65. The van der Waals surface area contributed by atoms with Crippen molar-refractivity contribution in [2.45, 2.75) is 4.90 Å².